The number of aliphatic hydroxyl groups is 1. The normalized spacial score (nSPS) is 15.6. The van der Waals surface area contributed by atoms with E-state index in [1.807, 2.05) is 4.90 Å². The van der Waals surface area contributed by atoms with Gasteiger partial charge in [0.05, 0.1) is 36.0 Å². The van der Waals surface area contributed by atoms with E-state index in [1.165, 1.54) is 18.2 Å². The first-order valence-electron chi connectivity index (χ1n) is 6.71. The average molecular weight is 330 g/mol. The van der Waals surface area contributed by atoms with E-state index < -0.39 is 16.0 Å². The molecule has 2 rings (SSSR count). The second kappa shape index (κ2) is 7.05. The maximum absolute atomic E-state index is 12.1. The van der Waals surface area contributed by atoms with Gasteiger partial charge in [-0.05, 0) is 18.2 Å². The first kappa shape index (κ1) is 16.7. The Hall–Kier alpha value is -1.68. The molecule has 0 aliphatic carbocycles. The summed E-state index contributed by atoms with van der Waals surface area (Å²) in [6.07, 6.45) is 0. The summed E-state index contributed by atoms with van der Waals surface area (Å²) in [6, 6.07) is 4.07. The number of benzene rings is 1. The molecule has 122 valence electrons. The SMILES string of the molecule is NS(=O)(=O)c1ccc(N2CCOCC2)c(C(=O)OCCO)c1. The molecule has 1 aromatic carbocycles. The minimum Gasteiger partial charge on any atom is -0.460 e. The molecule has 1 fully saturated rings. The van der Waals surface area contributed by atoms with Crippen molar-refractivity contribution in [3.63, 3.8) is 0 Å². The van der Waals surface area contributed by atoms with Crippen molar-refractivity contribution >= 4 is 21.7 Å². The third-order valence-corrected chi connectivity index (χ3v) is 4.10. The topological polar surface area (TPSA) is 119 Å². The van der Waals surface area contributed by atoms with Gasteiger partial charge in [-0.1, -0.05) is 0 Å². The minimum absolute atomic E-state index is 0.0990. The molecule has 1 saturated heterocycles. The standard InChI is InChI=1S/C13H18N2O6S/c14-22(18,19)10-1-2-12(15-3-6-20-7-4-15)11(9-10)13(17)21-8-5-16/h1-2,9,16H,3-8H2,(H2,14,18,19). The lowest BCUT2D eigenvalue weighted by atomic mass is 10.1. The van der Waals surface area contributed by atoms with E-state index >= 15 is 0 Å². The van der Waals surface area contributed by atoms with E-state index in [1.54, 1.807) is 0 Å². The van der Waals surface area contributed by atoms with E-state index in [2.05, 4.69) is 0 Å². The van der Waals surface area contributed by atoms with E-state index in [0.717, 1.165) is 0 Å². The van der Waals surface area contributed by atoms with Crippen LogP contribution in [-0.4, -0.2) is 59.0 Å². The molecular formula is C13H18N2O6S. The largest absolute Gasteiger partial charge is 0.460 e. The van der Waals surface area contributed by atoms with Gasteiger partial charge in [-0.3, -0.25) is 0 Å². The Kier molecular flexibility index (Phi) is 5.35. The zero-order valence-electron chi connectivity index (χ0n) is 11.9. The molecule has 22 heavy (non-hydrogen) atoms. The summed E-state index contributed by atoms with van der Waals surface area (Å²) in [4.78, 5) is 13.9. The fourth-order valence-corrected chi connectivity index (χ4v) is 2.69. The van der Waals surface area contributed by atoms with Crippen molar-refractivity contribution in [1.82, 2.24) is 0 Å². The number of morpholine rings is 1. The molecule has 1 aromatic rings. The van der Waals surface area contributed by atoms with Crippen molar-refractivity contribution in [3.05, 3.63) is 23.8 Å². The van der Waals surface area contributed by atoms with E-state index in [9.17, 15) is 13.2 Å². The van der Waals surface area contributed by atoms with Crippen LogP contribution >= 0.6 is 0 Å². The number of aliphatic hydroxyl groups excluding tert-OH is 1. The second-order valence-electron chi connectivity index (χ2n) is 4.68. The smallest absolute Gasteiger partial charge is 0.340 e. The van der Waals surface area contributed by atoms with Crippen LogP contribution in [0.2, 0.25) is 0 Å². The fraction of sp³-hybridized carbons (Fsp3) is 0.462. The zero-order chi connectivity index (χ0) is 16.2. The van der Waals surface area contributed by atoms with Gasteiger partial charge < -0.3 is 19.5 Å². The van der Waals surface area contributed by atoms with E-state index in [-0.39, 0.29) is 23.7 Å². The van der Waals surface area contributed by atoms with Crippen LogP contribution in [0.1, 0.15) is 10.4 Å². The molecule has 9 heteroatoms. The van der Waals surface area contributed by atoms with Crippen LogP contribution in [0, 0.1) is 0 Å². The number of rotatable bonds is 5. The Bertz CT molecular complexity index is 640. The fourth-order valence-electron chi connectivity index (χ4n) is 2.15. The molecule has 1 aliphatic heterocycles. The van der Waals surface area contributed by atoms with Crippen LogP contribution in [0.15, 0.2) is 23.1 Å². The van der Waals surface area contributed by atoms with Gasteiger partial charge in [0, 0.05) is 13.1 Å². The number of sulfonamides is 1. The molecule has 8 nitrogen and oxygen atoms in total. The van der Waals surface area contributed by atoms with E-state index in [4.69, 9.17) is 19.7 Å². The Morgan fingerprint density at radius 3 is 2.64 bits per heavy atom. The number of hydrogen-bond acceptors (Lipinski definition) is 7. The molecule has 0 amide bonds. The Morgan fingerprint density at radius 1 is 1.36 bits per heavy atom. The third kappa shape index (κ3) is 3.95. The van der Waals surface area contributed by atoms with Gasteiger partial charge in [0.2, 0.25) is 10.0 Å². The molecule has 0 aromatic heterocycles. The van der Waals surface area contributed by atoms with Gasteiger partial charge in [0.15, 0.2) is 0 Å². The molecule has 0 atom stereocenters. The van der Waals surface area contributed by atoms with Crippen LogP contribution in [0.3, 0.4) is 0 Å². The highest BCUT2D eigenvalue weighted by Crippen LogP contribution is 2.25. The van der Waals surface area contributed by atoms with Crippen LogP contribution in [-0.2, 0) is 19.5 Å². The average Bonchev–Trinajstić information content (AvgIpc) is 2.52. The van der Waals surface area contributed by atoms with Crippen molar-refractivity contribution in [3.8, 4) is 0 Å². The van der Waals surface area contributed by atoms with Crippen molar-refractivity contribution in [2.75, 3.05) is 44.4 Å². The lowest BCUT2D eigenvalue weighted by molar-refractivity contribution is 0.0433. The zero-order valence-corrected chi connectivity index (χ0v) is 12.7. The highest BCUT2D eigenvalue weighted by Gasteiger charge is 2.22. The maximum Gasteiger partial charge on any atom is 0.340 e. The van der Waals surface area contributed by atoms with Crippen LogP contribution in [0.4, 0.5) is 5.69 Å². The maximum atomic E-state index is 12.1. The number of nitrogens with zero attached hydrogens (tertiary/aromatic N) is 1. The Morgan fingerprint density at radius 2 is 2.05 bits per heavy atom. The van der Waals surface area contributed by atoms with Crippen LogP contribution in [0.25, 0.3) is 0 Å². The Balaban J connectivity index is 2.40. The number of carbonyl (C=O) groups is 1. The number of primary sulfonamides is 1. The Labute approximate surface area is 128 Å². The summed E-state index contributed by atoms with van der Waals surface area (Å²) in [5, 5.41) is 13.8. The minimum atomic E-state index is -3.93. The predicted molar refractivity (Wildman–Crippen MR) is 78.2 cm³/mol. The van der Waals surface area contributed by atoms with Gasteiger partial charge in [-0.25, -0.2) is 18.4 Å². The molecule has 0 spiro atoms. The highest BCUT2D eigenvalue weighted by molar-refractivity contribution is 7.89. The second-order valence-corrected chi connectivity index (χ2v) is 6.24. The van der Waals surface area contributed by atoms with Crippen molar-refractivity contribution in [2.45, 2.75) is 4.90 Å². The molecule has 3 N–H and O–H groups in total. The molecule has 0 unspecified atom stereocenters. The third-order valence-electron chi connectivity index (χ3n) is 3.19. The number of esters is 1. The molecule has 0 saturated carbocycles. The van der Waals surface area contributed by atoms with Crippen molar-refractivity contribution in [2.24, 2.45) is 5.14 Å². The van der Waals surface area contributed by atoms with Crippen LogP contribution in [0.5, 0.6) is 0 Å². The number of ether oxygens (including phenoxy) is 2. The van der Waals surface area contributed by atoms with E-state index in [0.29, 0.717) is 32.0 Å². The van der Waals surface area contributed by atoms with Crippen LogP contribution < -0.4 is 10.0 Å². The summed E-state index contributed by atoms with van der Waals surface area (Å²) >= 11 is 0. The lowest BCUT2D eigenvalue weighted by Crippen LogP contribution is -2.37. The summed E-state index contributed by atoms with van der Waals surface area (Å²) in [7, 11) is -3.93. The molecule has 0 radical (unpaired) electrons. The van der Waals surface area contributed by atoms with Gasteiger partial charge >= 0.3 is 5.97 Å². The van der Waals surface area contributed by atoms with Crippen molar-refractivity contribution < 1.29 is 27.8 Å². The number of carbonyl (C=O) groups excluding carboxylic acids is 1. The molecular weight excluding hydrogens is 312 g/mol. The lowest BCUT2D eigenvalue weighted by Gasteiger charge is -2.30. The number of anilines is 1. The quantitative estimate of drug-likeness (QED) is 0.686. The van der Waals surface area contributed by atoms with Gasteiger partial charge in [0.1, 0.15) is 6.61 Å². The monoisotopic (exact) mass is 330 g/mol. The van der Waals surface area contributed by atoms with Crippen molar-refractivity contribution in [1.29, 1.82) is 0 Å². The first-order chi connectivity index (χ1) is 10.4. The number of nitrogens with two attached hydrogens (primary N) is 1. The first-order valence-corrected chi connectivity index (χ1v) is 8.25. The predicted octanol–water partition coefficient (Wildman–Crippen LogP) is -0.680. The molecule has 1 heterocycles. The van der Waals surface area contributed by atoms with Gasteiger partial charge in [-0.2, -0.15) is 0 Å². The number of hydrogen-bond donors (Lipinski definition) is 2. The van der Waals surface area contributed by atoms with Gasteiger partial charge in [-0.15, -0.1) is 0 Å². The summed E-state index contributed by atoms with van der Waals surface area (Å²) in [6.45, 7) is 1.71. The highest BCUT2D eigenvalue weighted by atomic mass is 32.2. The molecule has 0 bridgehead atoms. The summed E-state index contributed by atoms with van der Waals surface area (Å²) in [5.41, 5.74) is 0.653. The van der Waals surface area contributed by atoms with Gasteiger partial charge in [0.25, 0.3) is 0 Å². The molecule has 1 aliphatic rings. The summed E-state index contributed by atoms with van der Waals surface area (Å²) < 4.78 is 33.1. The summed E-state index contributed by atoms with van der Waals surface area (Å²) in [5.74, 6) is -0.707.